The molecule has 35 heavy (non-hydrogen) atoms. The molecule has 0 radical (unpaired) electrons. The number of hydrogen-bond acceptors (Lipinski definition) is 6. The number of aryl methyl sites for hydroxylation is 2. The van der Waals surface area contributed by atoms with Crippen molar-refractivity contribution in [3.63, 3.8) is 0 Å². The second-order valence-corrected chi connectivity index (χ2v) is 9.73. The van der Waals surface area contributed by atoms with Gasteiger partial charge in [-0.25, -0.2) is 0 Å². The van der Waals surface area contributed by atoms with Crippen LogP contribution < -0.4 is 9.47 Å². The number of methoxy groups -OCH3 is 1. The van der Waals surface area contributed by atoms with Crippen molar-refractivity contribution >= 4 is 17.7 Å². The van der Waals surface area contributed by atoms with E-state index in [1.807, 2.05) is 47.6 Å². The van der Waals surface area contributed by atoms with E-state index < -0.39 is 0 Å². The van der Waals surface area contributed by atoms with Crippen LogP contribution in [0.25, 0.3) is 5.69 Å². The van der Waals surface area contributed by atoms with E-state index in [9.17, 15) is 4.79 Å². The average molecular weight is 495 g/mol. The Morgan fingerprint density at radius 1 is 1.03 bits per heavy atom. The van der Waals surface area contributed by atoms with E-state index >= 15 is 0 Å². The smallest absolute Gasteiger partial charge is 0.233 e. The van der Waals surface area contributed by atoms with E-state index in [2.05, 4.69) is 34.5 Å². The molecule has 0 spiro atoms. The van der Waals surface area contributed by atoms with Crippen LogP contribution in [0.15, 0.2) is 53.7 Å². The maximum Gasteiger partial charge on any atom is 0.233 e. The number of benzene rings is 2. The van der Waals surface area contributed by atoms with Crippen LogP contribution in [0.1, 0.15) is 37.6 Å². The summed E-state index contributed by atoms with van der Waals surface area (Å²) in [6.45, 7) is 6.27. The van der Waals surface area contributed by atoms with Crippen molar-refractivity contribution in [2.24, 2.45) is 5.92 Å². The molecule has 1 fully saturated rings. The Bertz CT molecular complexity index is 1090. The molecule has 1 saturated heterocycles. The van der Waals surface area contributed by atoms with Crippen LogP contribution in [-0.2, 0) is 11.2 Å². The van der Waals surface area contributed by atoms with Crippen molar-refractivity contribution in [1.82, 2.24) is 19.7 Å². The molecule has 0 saturated carbocycles. The van der Waals surface area contributed by atoms with Crippen molar-refractivity contribution in [2.45, 2.75) is 44.7 Å². The molecule has 186 valence electrons. The first-order chi connectivity index (χ1) is 17.1. The highest BCUT2D eigenvalue weighted by atomic mass is 32.2. The maximum absolute atomic E-state index is 12.9. The molecule has 1 amide bonds. The van der Waals surface area contributed by atoms with Gasteiger partial charge in [-0.1, -0.05) is 23.9 Å². The number of rotatable bonds is 10. The zero-order chi connectivity index (χ0) is 24.6. The predicted octanol–water partition coefficient (Wildman–Crippen LogP) is 4.95. The van der Waals surface area contributed by atoms with Gasteiger partial charge in [-0.3, -0.25) is 9.36 Å². The molecule has 8 heteroatoms. The van der Waals surface area contributed by atoms with E-state index in [-0.39, 0.29) is 5.91 Å². The molecule has 7 nitrogen and oxygen atoms in total. The third-order valence-corrected chi connectivity index (χ3v) is 7.41. The van der Waals surface area contributed by atoms with Crippen LogP contribution in [0.3, 0.4) is 0 Å². The summed E-state index contributed by atoms with van der Waals surface area (Å²) in [5.74, 6) is 3.72. The number of likely N-dealkylation sites (tertiary alicyclic amines) is 1. The Labute approximate surface area is 211 Å². The summed E-state index contributed by atoms with van der Waals surface area (Å²) in [6.07, 6.45) is 4.36. The van der Waals surface area contributed by atoms with Gasteiger partial charge in [0.05, 0.1) is 19.5 Å². The quantitative estimate of drug-likeness (QED) is 0.372. The van der Waals surface area contributed by atoms with Crippen LogP contribution in [0, 0.1) is 12.8 Å². The monoisotopic (exact) mass is 494 g/mol. The van der Waals surface area contributed by atoms with E-state index in [0.29, 0.717) is 18.3 Å². The maximum atomic E-state index is 12.9. The molecule has 0 unspecified atom stereocenters. The van der Waals surface area contributed by atoms with Crippen LogP contribution in [-0.4, -0.2) is 58.1 Å². The highest BCUT2D eigenvalue weighted by molar-refractivity contribution is 7.99. The van der Waals surface area contributed by atoms with Gasteiger partial charge in [-0.2, -0.15) is 0 Å². The van der Waals surface area contributed by atoms with Gasteiger partial charge in [0.25, 0.3) is 0 Å². The van der Waals surface area contributed by atoms with Gasteiger partial charge in [0.1, 0.15) is 17.3 Å². The molecule has 0 aliphatic carbocycles. The minimum absolute atomic E-state index is 0.168. The molecule has 2 heterocycles. The Morgan fingerprint density at radius 3 is 2.37 bits per heavy atom. The number of carbonyl (C=O) groups is 1. The summed E-state index contributed by atoms with van der Waals surface area (Å²) in [6, 6.07) is 16.2. The Balaban J connectivity index is 1.24. The van der Waals surface area contributed by atoms with Crippen molar-refractivity contribution < 1.29 is 14.3 Å². The van der Waals surface area contributed by atoms with Gasteiger partial charge in [0, 0.05) is 18.8 Å². The van der Waals surface area contributed by atoms with Gasteiger partial charge in [0.15, 0.2) is 5.16 Å². The lowest BCUT2D eigenvalue weighted by Gasteiger charge is -2.32. The minimum atomic E-state index is 0.168. The number of hydrogen-bond donors (Lipinski definition) is 0. The molecule has 1 aliphatic rings. The Morgan fingerprint density at radius 2 is 1.71 bits per heavy atom. The van der Waals surface area contributed by atoms with Crippen molar-refractivity contribution in [3.8, 4) is 17.2 Å². The average Bonchev–Trinajstić information content (AvgIpc) is 3.27. The normalized spacial score (nSPS) is 14.2. The summed E-state index contributed by atoms with van der Waals surface area (Å²) in [5.41, 5.74) is 2.30. The molecular formula is C27H34N4O3S. The third-order valence-electron chi connectivity index (χ3n) is 6.49. The predicted molar refractivity (Wildman–Crippen MR) is 139 cm³/mol. The van der Waals surface area contributed by atoms with Crippen molar-refractivity contribution in [2.75, 3.05) is 32.6 Å². The van der Waals surface area contributed by atoms with Crippen molar-refractivity contribution in [1.29, 1.82) is 0 Å². The van der Waals surface area contributed by atoms with Gasteiger partial charge < -0.3 is 14.4 Å². The Hall–Kier alpha value is -3.00. The second kappa shape index (κ2) is 12.1. The largest absolute Gasteiger partial charge is 0.497 e. The first kappa shape index (κ1) is 25.1. The number of amides is 1. The minimum Gasteiger partial charge on any atom is -0.497 e. The van der Waals surface area contributed by atoms with E-state index in [1.54, 1.807) is 7.11 Å². The molecule has 1 aromatic heterocycles. The third kappa shape index (κ3) is 6.57. The lowest BCUT2D eigenvalue weighted by Crippen LogP contribution is -2.39. The summed E-state index contributed by atoms with van der Waals surface area (Å²) in [4.78, 5) is 14.9. The number of nitrogens with zero attached hydrogens (tertiary/aromatic N) is 4. The number of piperidine rings is 1. The van der Waals surface area contributed by atoms with Gasteiger partial charge in [-0.15, -0.1) is 10.2 Å². The lowest BCUT2D eigenvalue weighted by molar-refractivity contribution is -0.129. The zero-order valence-electron chi connectivity index (χ0n) is 20.8. The van der Waals surface area contributed by atoms with E-state index in [0.717, 1.165) is 66.9 Å². The Kier molecular flexibility index (Phi) is 8.69. The SMILES string of the molecule is CCOc1ccc(CCC2CCN(C(=O)CSc3nnc(C)n3-c3ccc(OC)cc3)CC2)cc1. The fourth-order valence-corrected chi connectivity index (χ4v) is 5.34. The second-order valence-electron chi connectivity index (χ2n) is 8.79. The molecule has 1 aliphatic heterocycles. The van der Waals surface area contributed by atoms with Crippen LogP contribution >= 0.6 is 11.8 Å². The van der Waals surface area contributed by atoms with Crippen molar-refractivity contribution in [3.05, 3.63) is 59.9 Å². The first-order valence-electron chi connectivity index (χ1n) is 12.3. The topological polar surface area (TPSA) is 69.5 Å². The summed E-state index contributed by atoms with van der Waals surface area (Å²) >= 11 is 1.44. The summed E-state index contributed by atoms with van der Waals surface area (Å²) in [5, 5.41) is 9.25. The molecule has 0 atom stereocenters. The highest BCUT2D eigenvalue weighted by Crippen LogP contribution is 2.26. The molecule has 0 bridgehead atoms. The number of ether oxygens (including phenoxy) is 2. The van der Waals surface area contributed by atoms with E-state index in [1.165, 1.54) is 17.3 Å². The highest BCUT2D eigenvalue weighted by Gasteiger charge is 2.23. The number of thioether (sulfide) groups is 1. The standard InChI is InChI=1S/C27H34N4O3S/c1-4-34-25-11-7-21(8-12-25)5-6-22-15-17-30(18-16-22)26(32)19-35-27-29-28-20(2)31(27)23-9-13-24(33-3)14-10-23/h7-14,22H,4-6,15-19H2,1-3H3. The molecule has 3 aromatic rings. The molecule has 4 rings (SSSR count). The molecular weight excluding hydrogens is 460 g/mol. The zero-order valence-corrected chi connectivity index (χ0v) is 21.6. The summed E-state index contributed by atoms with van der Waals surface area (Å²) < 4.78 is 12.8. The molecule has 2 aromatic carbocycles. The lowest BCUT2D eigenvalue weighted by atomic mass is 9.90. The van der Waals surface area contributed by atoms with Gasteiger partial charge in [-0.05, 0) is 87.4 Å². The number of carbonyl (C=O) groups excluding carboxylic acids is 1. The van der Waals surface area contributed by atoms with E-state index in [4.69, 9.17) is 9.47 Å². The van der Waals surface area contributed by atoms with Gasteiger partial charge in [0.2, 0.25) is 5.91 Å². The van der Waals surface area contributed by atoms with Crippen LogP contribution in [0.2, 0.25) is 0 Å². The molecule has 0 N–H and O–H groups in total. The van der Waals surface area contributed by atoms with Crippen LogP contribution in [0.4, 0.5) is 0 Å². The fraction of sp³-hybridized carbons (Fsp3) is 0.444. The van der Waals surface area contributed by atoms with Crippen LogP contribution in [0.5, 0.6) is 11.5 Å². The summed E-state index contributed by atoms with van der Waals surface area (Å²) in [7, 11) is 1.65. The number of aromatic nitrogens is 3. The van der Waals surface area contributed by atoms with Gasteiger partial charge >= 0.3 is 0 Å². The first-order valence-corrected chi connectivity index (χ1v) is 13.2. The fourth-order valence-electron chi connectivity index (χ4n) is 4.44.